The molecule has 0 saturated heterocycles. The van der Waals surface area contributed by atoms with Gasteiger partial charge in [0.2, 0.25) is 5.91 Å². The van der Waals surface area contributed by atoms with Crippen LogP contribution in [0.3, 0.4) is 0 Å². The predicted octanol–water partition coefficient (Wildman–Crippen LogP) is 1.77. The van der Waals surface area contributed by atoms with Gasteiger partial charge in [0.1, 0.15) is 0 Å². The molecule has 0 radical (unpaired) electrons. The minimum absolute atomic E-state index is 0.218. The number of amides is 1. The standard InChI is InChI=1S/C8H5NOS/c10-8-4-11-7-2-1-5-3-6(7)9(5)8/h1-3H,4H2. The van der Waals surface area contributed by atoms with Crippen LogP contribution in [-0.2, 0) is 4.79 Å². The molecule has 0 fully saturated rings. The van der Waals surface area contributed by atoms with Gasteiger partial charge in [-0.25, -0.2) is 0 Å². The maximum Gasteiger partial charge on any atom is 0.241 e. The van der Waals surface area contributed by atoms with Crippen LogP contribution in [0.15, 0.2) is 23.1 Å². The minimum Gasteiger partial charge on any atom is -0.279 e. The van der Waals surface area contributed by atoms with Crippen molar-refractivity contribution in [2.75, 3.05) is 10.7 Å². The fourth-order valence-corrected chi connectivity index (χ4v) is 2.37. The molecule has 4 rings (SSSR count). The van der Waals surface area contributed by atoms with Crippen molar-refractivity contribution in [3.05, 3.63) is 18.2 Å². The third-order valence-corrected chi connectivity index (χ3v) is 3.09. The van der Waals surface area contributed by atoms with Crippen molar-refractivity contribution >= 4 is 29.0 Å². The van der Waals surface area contributed by atoms with E-state index in [1.165, 1.54) is 4.90 Å². The molecule has 1 amide bonds. The summed E-state index contributed by atoms with van der Waals surface area (Å²) in [7, 11) is 0. The van der Waals surface area contributed by atoms with Gasteiger partial charge >= 0.3 is 0 Å². The Labute approximate surface area is 68.2 Å². The number of rotatable bonds is 0. The molecule has 4 bridgehead atoms. The van der Waals surface area contributed by atoms with E-state index >= 15 is 0 Å². The van der Waals surface area contributed by atoms with Crippen molar-refractivity contribution in [1.82, 2.24) is 0 Å². The van der Waals surface area contributed by atoms with E-state index in [-0.39, 0.29) is 5.91 Å². The molecule has 0 atom stereocenters. The highest BCUT2D eigenvalue weighted by atomic mass is 32.2. The molecule has 3 aliphatic heterocycles. The molecule has 3 heterocycles. The number of thioether (sulfide) groups is 1. The Morgan fingerprint density at radius 1 is 1.45 bits per heavy atom. The van der Waals surface area contributed by atoms with E-state index in [1.807, 2.05) is 6.07 Å². The Morgan fingerprint density at radius 2 is 2.36 bits per heavy atom. The van der Waals surface area contributed by atoms with Gasteiger partial charge in [-0.05, 0) is 18.2 Å². The zero-order valence-electron chi connectivity index (χ0n) is 5.70. The van der Waals surface area contributed by atoms with Gasteiger partial charge in [0.15, 0.2) is 0 Å². The van der Waals surface area contributed by atoms with Crippen LogP contribution >= 0.6 is 11.8 Å². The molecule has 2 nitrogen and oxygen atoms in total. The van der Waals surface area contributed by atoms with Crippen molar-refractivity contribution in [3.8, 4) is 0 Å². The number of hydrogen-bond donors (Lipinski definition) is 0. The summed E-state index contributed by atoms with van der Waals surface area (Å²) < 4.78 is 0. The van der Waals surface area contributed by atoms with Crippen molar-refractivity contribution in [2.24, 2.45) is 0 Å². The first kappa shape index (κ1) is 5.66. The number of fused-ring (bicyclic) bond motifs is 1. The van der Waals surface area contributed by atoms with Crippen LogP contribution in [0.4, 0.5) is 11.4 Å². The third-order valence-electron chi connectivity index (χ3n) is 2.04. The fourth-order valence-electron chi connectivity index (χ4n) is 1.50. The largest absolute Gasteiger partial charge is 0.279 e. The van der Waals surface area contributed by atoms with Gasteiger partial charge in [-0.15, -0.1) is 11.8 Å². The van der Waals surface area contributed by atoms with Gasteiger partial charge in [0, 0.05) is 4.90 Å². The van der Waals surface area contributed by atoms with Crippen LogP contribution in [-0.4, -0.2) is 11.7 Å². The van der Waals surface area contributed by atoms with Crippen LogP contribution in [0.2, 0.25) is 0 Å². The molecule has 0 N–H and O–H groups in total. The smallest absolute Gasteiger partial charge is 0.241 e. The summed E-state index contributed by atoms with van der Waals surface area (Å²) in [5.74, 6) is 0.816. The van der Waals surface area contributed by atoms with Crippen LogP contribution < -0.4 is 4.90 Å². The van der Waals surface area contributed by atoms with Crippen LogP contribution in [0.1, 0.15) is 0 Å². The summed E-state index contributed by atoms with van der Waals surface area (Å²) in [5, 5.41) is 0. The van der Waals surface area contributed by atoms with Gasteiger partial charge in [-0.2, -0.15) is 0 Å². The first-order chi connectivity index (χ1) is 5.36. The van der Waals surface area contributed by atoms with Gasteiger partial charge < -0.3 is 0 Å². The Hall–Kier alpha value is -0.960. The maximum absolute atomic E-state index is 11.2. The quantitative estimate of drug-likeness (QED) is 0.581. The highest BCUT2D eigenvalue weighted by molar-refractivity contribution is 8.00. The van der Waals surface area contributed by atoms with E-state index in [0.717, 1.165) is 11.4 Å². The van der Waals surface area contributed by atoms with Crippen molar-refractivity contribution in [2.45, 2.75) is 4.90 Å². The van der Waals surface area contributed by atoms with Crippen LogP contribution in [0.5, 0.6) is 0 Å². The monoisotopic (exact) mass is 163 g/mol. The molecule has 54 valence electrons. The maximum atomic E-state index is 11.2. The SMILES string of the molecule is O=C1CSc2ccc3cc2N13. The van der Waals surface area contributed by atoms with E-state index in [0.29, 0.717) is 5.75 Å². The molecular formula is C8H5NOS. The lowest BCUT2D eigenvalue weighted by molar-refractivity contribution is -0.115. The number of nitrogens with zero attached hydrogens (tertiary/aromatic N) is 1. The molecule has 0 aromatic heterocycles. The lowest BCUT2D eigenvalue weighted by atomic mass is 10.1. The van der Waals surface area contributed by atoms with Crippen molar-refractivity contribution in [3.63, 3.8) is 0 Å². The normalized spacial score (nSPS) is 18.2. The Balaban J connectivity index is 2.29. The molecule has 0 aliphatic carbocycles. The molecule has 1 aromatic carbocycles. The second-order valence-corrected chi connectivity index (χ2v) is 3.69. The second kappa shape index (κ2) is 1.61. The van der Waals surface area contributed by atoms with E-state index in [4.69, 9.17) is 0 Å². The Bertz CT molecular complexity index is 357. The highest BCUT2D eigenvalue weighted by Crippen LogP contribution is 2.48. The van der Waals surface area contributed by atoms with Crippen LogP contribution in [0, 0.1) is 0 Å². The highest BCUT2D eigenvalue weighted by Gasteiger charge is 2.32. The average molecular weight is 163 g/mol. The second-order valence-electron chi connectivity index (χ2n) is 2.67. The van der Waals surface area contributed by atoms with Gasteiger partial charge in [-0.1, -0.05) is 0 Å². The van der Waals surface area contributed by atoms with Crippen molar-refractivity contribution in [1.29, 1.82) is 0 Å². The number of carbonyl (C=O) groups excluding carboxylic acids is 1. The average Bonchev–Trinajstić information content (AvgIpc) is 1.99. The Kier molecular flexibility index (Phi) is 0.829. The van der Waals surface area contributed by atoms with Gasteiger partial charge in [0.25, 0.3) is 0 Å². The topological polar surface area (TPSA) is 20.3 Å². The summed E-state index contributed by atoms with van der Waals surface area (Å²) in [6.45, 7) is 0. The van der Waals surface area contributed by atoms with Gasteiger partial charge in [-0.3, -0.25) is 9.69 Å². The molecule has 0 spiro atoms. The summed E-state index contributed by atoms with van der Waals surface area (Å²) in [6.07, 6.45) is 0. The third kappa shape index (κ3) is 0.531. The zero-order chi connectivity index (χ0) is 7.42. The zero-order valence-corrected chi connectivity index (χ0v) is 6.52. The van der Waals surface area contributed by atoms with E-state index in [9.17, 15) is 4.79 Å². The molecule has 11 heavy (non-hydrogen) atoms. The van der Waals surface area contributed by atoms with Crippen LogP contribution in [0.25, 0.3) is 0 Å². The molecular weight excluding hydrogens is 158 g/mol. The lowest BCUT2D eigenvalue weighted by Gasteiger charge is -2.36. The number of anilines is 2. The molecule has 3 aliphatic rings. The summed E-state index contributed by atoms with van der Waals surface area (Å²) in [5.41, 5.74) is 2.15. The summed E-state index contributed by atoms with van der Waals surface area (Å²) in [4.78, 5) is 14.3. The van der Waals surface area contributed by atoms with E-state index in [1.54, 1.807) is 16.7 Å². The fraction of sp³-hybridized carbons (Fsp3) is 0.125. The van der Waals surface area contributed by atoms with E-state index < -0.39 is 0 Å². The first-order valence-corrected chi connectivity index (χ1v) is 4.44. The summed E-state index contributed by atoms with van der Waals surface area (Å²) in [6, 6.07) is 6.13. The molecule has 3 heteroatoms. The summed E-state index contributed by atoms with van der Waals surface area (Å²) >= 11 is 1.63. The number of carbonyl (C=O) groups is 1. The number of hydrogen-bond acceptors (Lipinski definition) is 2. The van der Waals surface area contributed by atoms with Gasteiger partial charge in [0.05, 0.1) is 17.1 Å². The predicted molar refractivity (Wildman–Crippen MR) is 44.3 cm³/mol. The van der Waals surface area contributed by atoms with E-state index in [2.05, 4.69) is 12.1 Å². The molecule has 0 unspecified atom stereocenters. The van der Waals surface area contributed by atoms with Crippen molar-refractivity contribution < 1.29 is 4.79 Å². The lowest BCUT2D eigenvalue weighted by Crippen LogP contribution is -2.35. The number of benzene rings is 1. The minimum atomic E-state index is 0.218. The first-order valence-electron chi connectivity index (χ1n) is 3.46. The Morgan fingerprint density at radius 3 is 3.09 bits per heavy atom. The molecule has 0 saturated carbocycles. The molecule has 1 aromatic rings.